The fourth-order valence-corrected chi connectivity index (χ4v) is 14.8. The molecule has 2 aliphatic rings. The van der Waals surface area contributed by atoms with Gasteiger partial charge in [-0.05, 0) is 137 Å². The smallest absolute Gasteiger partial charge is 0.164 e. The van der Waals surface area contributed by atoms with Crippen LogP contribution in [0.15, 0.2) is 364 Å². The molecule has 18 rings (SSSR count). The van der Waals surface area contributed by atoms with E-state index in [9.17, 15) is 0 Å². The highest BCUT2D eigenvalue weighted by atomic mass is 15.0. The van der Waals surface area contributed by atoms with Gasteiger partial charge in [-0.3, -0.25) is 0 Å². The molecule has 2 heterocycles. The molecule has 6 nitrogen and oxygen atoms in total. The van der Waals surface area contributed by atoms with Gasteiger partial charge < -0.3 is 0 Å². The molecule has 0 atom stereocenters. The summed E-state index contributed by atoms with van der Waals surface area (Å²) in [5.41, 5.74) is 27.7. The molecule has 2 aliphatic carbocycles. The highest BCUT2D eigenvalue weighted by molar-refractivity contribution is 5.90. The fourth-order valence-electron chi connectivity index (χ4n) is 14.8. The first-order chi connectivity index (χ1) is 49.3. The zero-order valence-corrected chi connectivity index (χ0v) is 55.3. The van der Waals surface area contributed by atoms with Crippen LogP contribution in [0, 0.1) is 0 Å². The van der Waals surface area contributed by atoms with Crippen molar-refractivity contribution in [3.8, 4) is 135 Å². The maximum Gasteiger partial charge on any atom is 0.164 e. The van der Waals surface area contributed by atoms with Gasteiger partial charge in [-0.15, -0.1) is 0 Å². The van der Waals surface area contributed by atoms with E-state index in [1.807, 2.05) is 121 Å². The lowest BCUT2D eigenvalue weighted by atomic mass is 9.67. The second-order valence-electron chi connectivity index (χ2n) is 26.1. The third kappa shape index (κ3) is 11.3. The molecule has 0 radical (unpaired) electrons. The summed E-state index contributed by atoms with van der Waals surface area (Å²) in [6.07, 6.45) is 0. The molecule has 0 amide bonds. The van der Waals surface area contributed by atoms with Crippen molar-refractivity contribution in [2.75, 3.05) is 0 Å². The van der Waals surface area contributed by atoms with Gasteiger partial charge in [0.1, 0.15) is 0 Å². The van der Waals surface area contributed by atoms with Crippen molar-refractivity contribution in [2.45, 2.75) is 24.7 Å². The Labute approximate surface area is 583 Å². The molecule has 0 unspecified atom stereocenters. The van der Waals surface area contributed by atoms with Crippen LogP contribution in [0.25, 0.3) is 135 Å². The zero-order valence-electron chi connectivity index (χ0n) is 55.3. The Kier molecular flexibility index (Phi) is 15.7. The topological polar surface area (TPSA) is 77.3 Å². The van der Waals surface area contributed by atoms with E-state index in [1.54, 1.807) is 0 Å². The van der Waals surface area contributed by atoms with Gasteiger partial charge in [0.2, 0.25) is 0 Å². The van der Waals surface area contributed by atoms with Gasteiger partial charge in [0.05, 0.1) is 5.41 Å². The summed E-state index contributed by atoms with van der Waals surface area (Å²) < 4.78 is 0. The normalized spacial score (nSPS) is 12.7. The van der Waals surface area contributed by atoms with Crippen molar-refractivity contribution >= 4 is 0 Å². The molecule has 472 valence electrons. The van der Waals surface area contributed by atoms with Crippen molar-refractivity contribution in [3.05, 3.63) is 397 Å². The number of fused-ring (bicyclic) bond motifs is 6. The van der Waals surface area contributed by atoms with Crippen LogP contribution in [0.2, 0.25) is 0 Å². The summed E-state index contributed by atoms with van der Waals surface area (Å²) in [4.78, 5) is 29.6. The quantitative estimate of drug-likeness (QED) is 0.121. The lowest BCUT2D eigenvalue weighted by molar-refractivity contribution is 0.660. The number of hydrogen-bond acceptors (Lipinski definition) is 6. The Morgan fingerprint density at radius 2 is 0.400 bits per heavy atom. The highest BCUT2D eigenvalue weighted by Gasteiger charge is 2.46. The van der Waals surface area contributed by atoms with Crippen LogP contribution in [0.1, 0.15) is 47.2 Å². The summed E-state index contributed by atoms with van der Waals surface area (Å²) >= 11 is 0. The zero-order chi connectivity index (χ0) is 67.0. The highest BCUT2D eigenvalue weighted by Crippen LogP contribution is 2.57. The van der Waals surface area contributed by atoms with E-state index in [4.69, 9.17) is 29.9 Å². The van der Waals surface area contributed by atoms with Crippen LogP contribution >= 0.6 is 0 Å². The van der Waals surface area contributed by atoms with E-state index >= 15 is 0 Å². The van der Waals surface area contributed by atoms with Crippen LogP contribution in [-0.4, -0.2) is 29.9 Å². The van der Waals surface area contributed by atoms with Crippen LogP contribution in [0.4, 0.5) is 0 Å². The Bertz CT molecular complexity index is 5530. The van der Waals surface area contributed by atoms with Crippen molar-refractivity contribution in [1.82, 2.24) is 29.9 Å². The van der Waals surface area contributed by atoms with Crippen LogP contribution < -0.4 is 0 Å². The number of hydrogen-bond donors (Lipinski definition) is 0. The van der Waals surface area contributed by atoms with E-state index in [0.717, 1.165) is 61.2 Å². The molecule has 0 N–H and O–H groups in total. The van der Waals surface area contributed by atoms with E-state index < -0.39 is 5.41 Å². The molecule has 100 heavy (non-hydrogen) atoms. The van der Waals surface area contributed by atoms with Crippen LogP contribution in [0.3, 0.4) is 0 Å². The maximum atomic E-state index is 4.98. The molecule has 16 aromatic rings. The van der Waals surface area contributed by atoms with Gasteiger partial charge in [-0.2, -0.15) is 0 Å². The van der Waals surface area contributed by atoms with Crippen LogP contribution in [-0.2, 0) is 10.8 Å². The van der Waals surface area contributed by atoms with Gasteiger partial charge in [-0.1, -0.05) is 341 Å². The van der Waals surface area contributed by atoms with Crippen molar-refractivity contribution < 1.29 is 0 Å². The van der Waals surface area contributed by atoms with Crippen molar-refractivity contribution in [2.24, 2.45) is 0 Å². The Balaban J connectivity index is 0.000000153. The molecule has 14 aromatic carbocycles. The van der Waals surface area contributed by atoms with Gasteiger partial charge >= 0.3 is 0 Å². The monoisotopic (exact) mass is 1280 g/mol. The summed E-state index contributed by atoms with van der Waals surface area (Å²) in [6, 6.07) is 129. The van der Waals surface area contributed by atoms with E-state index in [1.165, 1.54) is 72.3 Å². The Morgan fingerprint density at radius 3 is 0.770 bits per heavy atom. The second-order valence-corrected chi connectivity index (χ2v) is 26.1. The average molecular weight is 1280 g/mol. The minimum absolute atomic E-state index is 0.00251. The lowest BCUT2D eigenvalue weighted by Gasteiger charge is -2.33. The van der Waals surface area contributed by atoms with Gasteiger partial charge in [-0.25, -0.2) is 29.9 Å². The molecule has 0 aliphatic heterocycles. The summed E-state index contributed by atoms with van der Waals surface area (Å²) in [7, 11) is 0. The Hall–Kier alpha value is -12.9. The second kappa shape index (κ2) is 25.9. The molecule has 0 bridgehead atoms. The van der Waals surface area contributed by atoms with E-state index in [2.05, 4.69) is 257 Å². The third-order valence-electron chi connectivity index (χ3n) is 19.7. The summed E-state index contributed by atoms with van der Waals surface area (Å²) in [5, 5.41) is 0. The van der Waals surface area contributed by atoms with Crippen molar-refractivity contribution in [1.29, 1.82) is 0 Å². The fraction of sp³-hybridized carbons (Fsp3) is 0.0426. The SMILES string of the molecule is CC1(C)c2ccccc2-c2cc(-c3cccc(-c4cccc(-c5nc(-c6ccccc6)nc(-c6ccccc6)n5)c4)c3)ccc21.c1ccc(-c2nc(-c3ccccc3)nc(-c3cccc(-c4cccc(-c5ccc6c(c5)-c5ccccc5C6(c5ccccc5)c5ccccc5)c4)c3)n2)cc1. The molecule has 6 heteroatoms. The maximum absolute atomic E-state index is 4.98. The van der Waals surface area contributed by atoms with E-state index in [-0.39, 0.29) is 5.41 Å². The average Bonchev–Trinajstić information content (AvgIpc) is 1.54. The molecular weight excluding hydrogens is 1210 g/mol. The molecule has 2 aromatic heterocycles. The molecular formula is C94H66N6. The molecule has 0 saturated heterocycles. The first-order valence-corrected chi connectivity index (χ1v) is 34.1. The molecule has 0 spiro atoms. The molecule has 0 fully saturated rings. The standard InChI is InChI=1S/C52H35N3.C42H31N3/c1-5-17-36(18-6-1)49-53-50(37-19-7-2-8-20-37)55-51(54-49)42-24-16-23-40(34-42)38-21-15-22-39(33-38)41-31-32-48-46(35-41)45-29-13-14-30-47(45)52(48,43-25-9-3-10-26-43)44-27-11-4-12-28-44;1-42(2)37-22-10-9-21-35(37)36-27-33(23-24-38(36)42)31-18-11-17-30(25-31)32-19-12-20-34(26-32)41-44-39(28-13-5-3-6-14-28)43-40(45-41)29-15-7-4-8-16-29/h1-35H;3-27H,1-2H3. The molecule has 0 saturated carbocycles. The predicted molar refractivity (Wildman–Crippen MR) is 409 cm³/mol. The minimum atomic E-state index is -0.412. The first kappa shape index (κ1) is 60.7. The number of aromatic nitrogens is 6. The van der Waals surface area contributed by atoms with Gasteiger partial charge in [0, 0.05) is 38.8 Å². The van der Waals surface area contributed by atoms with Crippen molar-refractivity contribution in [3.63, 3.8) is 0 Å². The number of rotatable bonds is 12. The van der Waals surface area contributed by atoms with Crippen LogP contribution in [0.5, 0.6) is 0 Å². The summed E-state index contributed by atoms with van der Waals surface area (Å²) in [6.45, 7) is 4.64. The number of nitrogens with zero attached hydrogens (tertiary/aromatic N) is 6. The Morgan fingerprint density at radius 1 is 0.170 bits per heavy atom. The number of benzene rings is 14. The van der Waals surface area contributed by atoms with Gasteiger partial charge in [0.25, 0.3) is 0 Å². The lowest BCUT2D eigenvalue weighted by Crippen LogP contribution is -2.28. The van der Waals surface area contributed by atoms with E-state index in [0.29, 0.717) is 34.9 Å². The third-order valence-corrected chi connectivity index (χ3v) is 19.7. The van der Waals surface area contributed by atoms with Gasteiger partial charge in [0.15, 0.2) is 34.9 Å². The largest absolute Gasteiger partial charge is 0.208 e. The summed E-state index contributed by atoms with van der Waals surface area (Å²) in [5.74, 6) is 3.92. The minimum Gasteiger partial charge on any atom is -0.208 e. The predicted octanol–water partition coefficient (Wildman–Crippen LogP) is 23.1. The first-order valence-electron chi connectivity index (χ1n) is 34.1.